The molecule has 2 aromatic rings. The second kappa shape index (κ2) is 8.17. The van der Waals surface area contributed by atoms with Crippen molar-refractivity contribution in [1.29, 1.82) is 0 Å². The second-order valence-electron chi connectivity index (χ2n) is 5.71. The fourth-order valence-corrected chi connectivity index (χ4v) is 2.70. The molecule has 0 bridgehead atoms. The van der Waals surface area contributed by atoms with Crippen LogP contribution in [0.3, 0.4) is 0 Å². The van der Waals surface area contributed by atoms with E-state index < -0.39 is 0 Å². The summed E-state index contributed by atoms with van der Waals surface area (Å²) in [4.78, 5) is 11.1. The van der Waals surface area contributed by atoms with Crippen molar-refractivity contribution in [3.05, 3.63) is 40.7 Å². The zero-order valence-electron chi connectivity index (χ0n) is 14.8. The maximum Gasteiger partial charge on any atom is 0.153 e. The molecule has 0 radical (unpaired) electrons. The molecule has 0 unspecified atom stereocenters. The number of hydrogen-bond donors (Lipinski definition) is 0. The van der Waals surface area contributed by atoms with Gasteiger partial charge in [-0.05, 0) is 27.3 Å². The molecule has 2 rings (SSSR count). The third-order valence-corrected chi connectivity index (χ3v) is 4.10. The van der Waals surface area contributed by atoms with Crippen LogP contribution < -0.4 is 0 Å². The first kappa shape index (κ1) is 17.6. The molecular formula is C17H27N5O. The zero-order chi connectivity index (χ0) is 16.8. The van der Waals surface area contributed by atoms with Crippen molar-refractivity contribution in [1.82, 2.24) is 24.6 Å². The largest absolute Gasteiger partial charge is 0.377 e. The van der Waals surface area contributed by atoms with Crippen molar-refractivity contribution in [2.45, 2.75) is 53.9 Å². The lowest BCUT2D eigenvalue weighted by molar-refractivity contribution is 0.177. The minimum absolute atomic E-state index is 0.451. The van der Waals surface area contributed by atoms with Gasteiger partial charge in [0.2, 0.25) is 0 Å². The minimum atomic E-state index is 0.451. The summed E-state index contributed by atoms with van der Waals surface area (Å²) in [6.45, 7) is 12.6. The standard InChI is InChI=1S/C17H27N5O/c1-6-21(10-15-8-18-17(12-23-5)19-9-15)11-16-13(3)20-22(7-2)14(16)4/h8-9H,6-7,10-12H2,1-5H3. The topological polar surface area (TPSA) is 56.1 Å². The number of aromatic nitrogens is 4. The van der Waals surface area contributed by atoms with E-state index in [1.165, 1.54) is 11.3 Å². The van der Waals surface area contributed by atoms with Gasteiger partial charge in [-0.2, -0.15) is 5.10 Å². The number of methoxy groups -OCH3 is 1. The number of aryl methyl sites for hydroxylation is 2. The van der Waals surface area contributed by atoms with Crippen molar-refractivity contribution in [2.75, 3.05) is 13.7 Å². The third kappa shape index (κ3) is 4.36. The number of hydrogen-bond acceptors (Lipinski definition) is 5. The third-order valence-electron chi connectivity index (χ3n) is 4.10. The van der Waals surface area contributed by atoms with Crippen LogP contribution in [0.15, 0.2) is 12.4 Å². The van der Waals surface area contributed by atoms with E-state index in [0.717, 1.165) is 43.3 Å². The SMILES string of the molecule is CCN(Cc1cnc(COC)nc1)Cc1c(C)nn(CC)c1C. The molecule has 6 heteroatoms. The first-order valence-corrected chi connectivity index (χ1v) is 8.12. The van der Waals surface area contributed by atoms with Gasteiger partial charge in [0.1, 0.15) is 6.61 Å². The van der Waals surface area contributed by atoms with Crippen LogP contribution in [0.2, 0.25) is 0 Å². The summed E-state index contributed by atoms with van der Waals surface area (Å²) in [6.07, 6.45) is 3.78. The van der Waals surface area contributed by atoms with Gasteiger partial charge < -0.3 is 4.74 Å². The Morgan fingerprint density at radius 3 is 2.35 bits per heavy atom. The first-order chi connectivity index (χ1) is 11.1. The van der Waals surface area contributed by atoms with Crippen molar-refractivity contribution >= 4 is 0 Å². The van der Waals surface area contributed by atoms with Crippen LogP contribution >= 0.6 is 0 Å². The molecule has 6 nitrogen and oxygen atoms in total. The van der Waals surface area contributed by atoms with Gasteiger partial charge in [-0.1, -0.05) is 6.92 Å². The Morgan fingerprint density at radius 1 is 1.13 bits per heavy atom. The Morgan fingerprint density at radius 2 is 1.83 bits per heavy atom. The van der Waals surface area contributed by atoms with Gasteiger partial charge >= 0.3 is 0 Å². The summed E-state index contributed by atoms with van der Waals surface area (Å²) < 4.78 is 7.11. The lowest BCUT2D eigenvalue weighted by atomic mass is 10.1. The first-order valence-electron chi connectivity index (χ1n) is 8.12. The summed E-state index contributed by atoms with van der Waals surface area (Å²) in [6, 6.07) is 0. The second-order valence-corrected chi connectivity index (χ2v) is 5.71. The Labute approximate surface area is 138 Å². The lowest BCUT2D eigenvalue weighted by Gasteiger charge is -2.20. The minimum Gasteiger partial charge on any atom is -0.377 e. The Hall–Kier alpha value is -1.79. The highest BCUT2D eigenvalue weighted by Gasteiger charge is 2.14. The van der Waals surface area contributed by atoms with Gasteiger partial charge in [-0.25, -0.2) is 9.97 Å². The molecule has 0 spiro atoms. The van der Waals surface area contributed by atoms with Crippen LogP contribution in [-0.2, 0) is 31.0 Å². The molecule has 126 valence electrons. The van der Waals surface area contributed by atoms with Crippen molar-refractivity contribution < 1.29 is 4.74 Å². The average Bonchev–Trinajstić information content (AvgIpc) is 2.83. The lowest BCUT2D eigenvalue weighted by Crippen LogP contribution is -2.23. The van der Waals surface area contributed by atoms with Gasteiger partial charge in [0, 0.05) is 56.0 Å². The van der Waals surface area contributed by atoms with Crippen molar-refractivity contribution in [3.63, 3.8) is 0 Å². The van der Waals surface area contributed by atoms with Gasteiger partial charge in [0.05, 0.1) is 5.69 Å². The smallest absolute Gasteiger partial charge is 0.153 e. The molecule has 0 atom stereocenters. The molecule has 23 heavy (non-hydrogen) atoms. The van der Waals surface area contributed by atoms with E-state index in [0.29, 0.717) is 6.61 Å². The zero-order valence-corrected chi connectivity index (χ0v) is 14.8. The summed E-state index contributed by atoms with van der Waals surface area (Å²) in [5.41, 5.74) is 4.82. The van der Waals surface area contributed by atoms with Crippen LogP contribution in [0.25, 0.3) is 0 Å². The Kier molecular flexibility index (Phi) is 6.24. The van der Waals surface area contributed by atoms with E-state index in [-0.39, 0.29) is 0 Å². The predicted octanol–water partition coefficient (Wildman–Crippen LogP) is 2.48. The highest BCUT2D eigenvalue weighted by Crippen LogP contribution is 2.17. The molecular weight excluding hydrogens is 290 g/mol. The maximum absolute atomic E-state index is 5.04. The Balaban J connectivity index is 2.07. The van der Waals surface area contributed by atoms with Crippen LogP contribution in [0, 0.1) is 13.8 Å². The molecule has 0 saturated carbocycles. The maximum atomic E-state index is 5.04. The van der Waals surface area contributed by atoms with Crippen LogP contribution in [0.1, 0.15) is 42.2 Å². The summed E-state index contributed by atoms with van der Waals surface area (Å²) >= 11 is 0. The van der Waals surface area contributed by atoms with E-state index in [4.69, 9.17) is 4.74 Å². The molecule has 0 amide bonds. The molecule has 0 aliphatic rings. The van der Waals surface area contributed by atoms with E-state index in [1.807, 2.05) is 12.4 Å². The van der Waals surface area contributed by atoms with Crippen LogP contribution in [0.5, 0.6) is 0 Å². The quantitative estimate of drug-likeness (QED) is 0.748. The van der Waals surface area contributed by atoms with Crippen molar-refractivity contribution in [3.8, 4) is 0 Å². The molecule has 0 saturated heterocycles. The highest BCUT2D eigenvalue weighted by molar-refractivity contribution is 5.24. The fourth-order valence-electron chi connectivity index (χ4n) is 2.70. The molecule has 0 N–H and O–H groups in total. The Bertz CT molecular complexity index is 621. The van der Waals surface area contributed by atoms with E-state index in [2.05, 4.69) is 52.3 Å². The van der Waals surface area contributed by atoms with Gasteiger partial charge in [-0.3, -0.25) is 9.58 Å². The number of ether oxygens (including phenoxy) is 1. The van der Waals surface area contributed by atoms with Crippen molar-refractivity contribution in [2.24, 2.45) is 0 Å². The molecule has 0 aliphatic carbocycles. The van der Waals surface area contributed by atoms with Crippen LogP contribution in [-0.4, -0.2) is 38.3 Å². The summed E-state index contributed by atoms with van der Waals surface area (Å²) in [5, 5.41) is 4.61. The van der Waals surface area contributed by atoms with E-state index in [1.54, 1.807) is 7.11 Å². The highest BCUT2D eigenvalue weighted by atomic mass is 16.5. The van der Waals surface area contributed by atoms with E-state index >= 15 is 0 Å². The molecule has 0 aromatic carbocycles. The van der Waals surface area contributed by atoms with E-state index in [9.17, 15) is 0 Å². The normalized spacial score (nSPS) is 11.4. The predicted molar refractivity (Wildman–Crippen MR) is 89.9 cm³/mol. The monoisotopic (exact) mass is 317 g/mol. The molecule has 2 heterocycles. The van der Waals surface area contributed by atoms with Gasteiger partial charge in [0.15, 0.2) is 5.82 Å². The van der Waals surface area contributed by atoms with Gasteiger partial charge in [0.25, 0.3) is 0 Å². The van der Waals surface area contributed by atoms with Crippen LogP contribution in [0.4, 0.5) is 0 Å². The molecule has 0 fully saturated rings. The number of nitrogens with zero attached hydrogens (tertiary/aromatic N) is 5. The van der Waals surface area contributed by atoms with Gasteiger partial charge in [-0.15, -0.1) is 0 Å². The summed E-state index contributed by atoms with van der Waals surface area (Å²) in [5.74, 6) is 0.718. The summed E-state index contributed by atoms with van der Waals surface area (Å²) in [7, 11) is 1.65. The fraction of sp³-hybridized carbons (Fsp3) is 0.588. The number of rotatable bonds is 8. The molecule has 0 aliphatic heterocycles. The average molecular weight is 317 g/mol. The molecule has 2 aromatic heterocycles.